The van der Waals surface area contributed by atoms with Crippen molar-refractivity contribution in [2.24, 2.45) is 0 Å². The van der Waals surface area contributed by atoms with Gasteiger partial charge in [0.2, 0.25) is 5.95 Å². The normalized spacial score (nSPS) is 23.3. The monoisotopic (exact) mass is 370 g/mol. The fraction of sp³-hybridized carbons (Fsp3) is 0.524. The third-order valence-corrected chi connectivity index (χ3v) is 5.61. The lowest BCUT2D eigenvalue weighted by Crippen LogP contribution is -2.29. The largest absolute Gasteiger partial charge is 0.393 e. The minimum atomic E-state index is -0.407. The topological polar surface area (TPSA) is 61.3 Å². The molecule has 27 heavy (non-hydrogen) atoms. The molecule has 0 bridgehead atoms. The number of nitrogens with one attached hydrogen (secondary N) is 1. The molecule has 2 heterocycles. The van der Waals surface area contributed by atoms with E-state index in [2.05, 4.69) is 26.3 Å². The van der Waals surface area contributed by atoms with E-state index in [1.54, 1.807) is 0 Å². The highest BCUT2D eigenvalue weighted by molar-refractivity contribution is 5.67. The summed E-state index contributed by atoms with van der Waals surface area (Å²) < 4.78 is 14.5. The Labute approximate surface area is 159 Å². The van der Waals surface area contributed by atoms with Gasteiger partial charge < -0.3 is 15.3 Å². The quantitative estimate of drug-likeness (QED) is 0.852. The molecule has 2 aliphatic rings. The number of nitrogens with zero attached hydrogens (tertiary/aromatic N) is 3. The third kappa shape index (κ3) is 4.38. The Bertz CT molecular complexity index is 771. The Morgan fingerprint density at radius 3 is 2.63 bits per heavy atom. The molecule has 1 aliphatic heterocycles. The van der Waals surface area contributed by atoms with Crippen molar-refractivity contribution in [1.82, 2.24) is 9.97 Å². The van der Waals surface area contributed by atoms with Crippen LogP contribution in [0.3, 0.4) is 0 Å². The predicted octanol–water partition coefficient (Wildman–Crippen LogP) is 3.99. The van der Waals surface area contributed by atoms with E-state index in [9.17, 15) is 9.50 Å². The van der Waals surface area contributed by atoms with E-state index >= 15 is 0 Å². The number of piperidine rings is 1. The fourth-order valence-electron chi connectivity index (χ4n) is 4.04. The number of benzene rings is 1. The van der Waals surface area contributed by atoms with Crippen molar-refractivity contribution in [3.63, 3.8) is 0 Å². The number of hydrogen-bond acceptors (Lipinski definition) is 5. The molecule has 1 aromatic heterocycles. The van der Waals surface area contributed by atoms with E-state index in [1.807, 2.05) is 18.2 Å². The van der Waals surface area contributed by atoms with Crippen LogP contribution in [0.1, 0.15) is 44.9 Å². The first-order valence-electron chi connectivity index (χ1n) is 10.0. The Hall–Kier alpha value is -2.21. The Morgan fingerprint density at radius 1 is 1.07 bits per heavy atom. The maximum atomic E-state index is 14.5. The smallest absolute Gasteiger partial charge is 0.223 e. The minimum Gasteiger partial charge on any atom is -0.393 e. The van der Waals surface area contributed by atoms with E-state index in [1.165, 1.54) is 25.5 Å². The van der Waals surface area contributed by atoms with Gasteiger partial charge in [-0.3, -0.25) is 0 Å². The van der Waals surface area contributed by atoms with Crippen LogP contribution in [0.25, 0.3) is 11.3 Å². The number of aromatic nitrogens is 2. The second-order valence-corrected chi connectivity index (χ2v) is 7.64. The summed E-state index contributed by atoms with van der Waals surface area (Å²) in [6.45, 7) is 2.10. The van der Waals surface area contributed by atoms with E-state index in [4.69, 9.17) is 0 Å². The fourth-order valence-corrected chi connectivity index (χ4v) is 4.04. The van der Waals surface area contributed by atoms with Gasteiger partial charge in [0.15, 0.2) is 5.82 Å². The molecule has 144 valence electrons. The lowest BCUT2D eigenvalue weighted by molar-refractivity contribution is 0.126. The minimum absolute atomic E-state index is 0.203. The summed E-state index contributed by atoms with van der Waals surface area (Å²) in [5, 5.41) is 12.9. The highest BCUT2D eigenvalue weighted by Crippen LogP contribution is 2.28. The second kappa shape index (κ2) is 8.21. The van der Waals surface area contributed by atoms with Gasteiger partial charge in [-0.1, -0.05) is 12.1 Å². The third-order valence-electron chi connectivity index (χ3n) is 5.61. The second-order valence-electron chi connectivity index (χ2n) is 7.64. The molecular weight excluding hydrogens is 343 g/mol. The predicted molar refractivity (Wildman–Crippen MR) is 105 cm³/mol. The molecule has 0 spiro atoms. The number of rotatable bonds is 4. The van der Waals surface area contributed by atoms with Gasteiger partial charge in [-0.15, -0.1) is 0 Å². The summed E-state index contributed by atoms with van der Waals surface area (Å²) in [5.74, 6) is 0.0478. The number of anilines is 2. The van der Waals surface area contributed by atoms with Crippen molar-refractivity contribution in [3.05, 3.63) is 36.3 Å². The standard InChI is InChI=1S/C21H27FN4O/c22-19-14-23-21(24-16-7-9-18(27)10-8-16)25-20(19)15-5-4-6-17(13-15)26-11-2-1-3-12-26/h4-6,13-14,16,18,27H,1-3,7-12H2,(H,23,24,25)/t16-,18-. The van der Waals surface area contributed by atoms with Gasteiger partial charge in [-0.25, -0.2) is 14.4 Å². The summed E-state index contributed by atoms with van der Waals surface area (Å²) in [6.07, 6.45) is 8.05. The molecule has 6 heteroatoms. The van der Waals surface area contributed by atoms with Gasteiger partial charge in [-0.2, -0.15) is 0 Å². The summed E-state index contributed by atoms with van der Waals surface area (Å²) in [5.41, 5.74) is 2.24. The number of aliphatic hydroxyl groups is 1. The molecule has 1 saturated carbocycles. The zero-order valence-electron chi connectivity index (χ0n) is 15.6. The van der Waals surface area contributed by atoms with Gasteiger partial charge in [0.25, 0.3) is 0 Å². The van der Waals surface area contributed by atoms with Crippen LogP contribution < -0.4 is 10.2 Å². The van der Waals surface area contributed by atoms with Gasteiger partial charge in [-0.05, 0) is 57.1 Å². The van der Waals surface area contributed by atoms with Crippen molar-refractivity contribution in [3.8, 4) is 11.3 Å². The van der Waals surface area contributed by atoms with Crippen LogP contribution in [0.5, 0.6) is 0 Å². The van der Waals surface area contributed by atoms with Crippen LogP contribution in [0.2, 0.25) is 0 Å². The zero-order chi connectivity index (χ0) is 18.6. The number of aliphatic hydroxyl groups excluding tert-OH is 1. The number of halogens is 1. The highest BCUT2D eigenvalue weighted by atomic mass is 19.1. The highest BCUT2D eigenvalue weighted by Gasteiger charge is 2.21. The summed E-state index contributed by atoms with van der Waals surface area (Å²) in [6, 6.07) is 8.21. The molecule has 0 unspecified atom stereocenters. The molecular formula is C21H27FN4O. The van der Waals surface area contributed by atoms with E-state index in [0.717, 1.165) is 50.0 Å². The first kappa shape index (κ1) is 18.2. The van der Waals surface area contributed by atoms with Gasteiger partial charge in [0, 0.05) is 30.4 Å². The van der Waals surface area contributed by atoms with Crippen LogP contribution in [-0.4, -0.2) is 40.3 Å². The van der Waals surface area contributed by atoms with Crippen LogP contribution >= 0.6 is 0 Å². The van der Waals surface area contributed by atoms with Crippen LogP contribution in [0, 0.1) is 5.82 Å². The maximum Gasteiger partial charge on any atom is 0.223 e. The molecule has 2 N–H and O–H groups in total. The molecule has 4 rings (SSSR count). The van der Waals surface area contributed by atoms with E-state index < -0.39 is 5.82 Å². The van der Waals surface area contributed by atoms with Crippen molar-refractivity contribution in [2.45, 2.75) is 57.1 Å². The summed E-state index contributed by atoms with van der Waals surface area (Å²) in [7, 11) is 0. The van der Waals surface area contributed by atoms with Crippen molar-refractivity contribution < 1.29 is 9.50 Å². The lowest BCUT2D eigenvalue weighted by Gasteiger charge is -2.29. The van der Waals surface area contributed by atoms with Crippen LogP contribution in [0.15, 0.2) is 30.5 Å². The van der Waals surface area contributed by atoms with E-state index in [-0.39, 0.29) is 12.1 Å². The van der Waals surface area contributed by atoms with Crippen LogP contribution in [0.4, 0.5) is 16.0 Å². The Kier molecular flexibility index (Phi) is 5.53. The number of hydrogen-bond donors (Lipinski definition) is 2. The van der Waals surface area contributed by atoms with Crippen LogP contribution in [-0.2, 0) is 0 Å². The molecule has 1 aromatic carbocycles. The first-order valence-corrected chi connectivity index (χ1v) is 10.0. The molecule has 0 radical (unpaired) electrons. The van der Waals surface area contributed by atoms with Gasteiger partial charge in [0.05, 0.1) is 12.3 Å². The van der Waals surface area contributed by atoms with E-state index in [0.29, 0.717) is 11.6 Å². The average molecular weight is 370 g/mol. The molecule has 5 nitrogen and oxygen atoms in total. The van der Waals surface area contributed by atoms with Crippen molar-refractivity contribution in [1.29, 1.82) is 0 Å². The van der Waals surface area contributed by atoms with Gasteiger partial charge in [0.1, 0.15) is 5.69 Å². The summed E-state index contributed by atoms with van der Waals surface area (Å²) in [4.78, 5) is 10.9. The zero-order valence-corrected chi connectivity index (χ0v) is 15.6. The summed E-state index contributed by atoms with van der Waals surface area (Å²) >= 11 is 0. The Morgan fingerprint density at radius 2 is 1.85 bits per heavy atom. The van der Waals surface area contributed by atoms with Gasteiger partial charge >= 0.3 is 0 Å². The maximum absolute atomic E-state index is 14.5. The Balaban J connectivity index is 1.54. The molecule has 0 atom stereocenters. The molecule has 2 aromatic rings. The van der Waals surface area contributed by atoms with Crippen molar-refractivity contribution >= 4 is 11.6 Å². The molecule has 2 fully saturated rings. The first-order chi connectivity index (χ1) is 13.2. The molecule has 1 aliphatic carbocycles. The molecule has 0 amide bonds. The molecule has 1 saturated heterocycles. The van der Waals surface area contributed by atoms with Crippen molar-refractivity contribution in [2.75, 3.05) is 23.3 Å². The average Bonchev–Trinajstić information content (AvgIpc) is 2.72. The SMILES string of the molecule is O[C@H]1CC[C@H](Nc2ncc(F)c(-c3cccc(N4CCCCC4)c3)n2)CC1. The lowest BCUT2D eigenvalue weighted by atomic mass is 9.93.